The third-order valence-electron chi connectivity index (χ3n) is 4.24. The van der Waals surface area contributed by atoms with E-state index in [1.165, 1.54) is 6.92 Å². The zero-order valence-corrected chi connectivity index (χ0v) is 15.3. The van der Waals surface area contributed by atoms with Gasteiger partial charge in [0.25, 0.3) is 5.91 Å². The van der Waals surface area contributed by atoms with Crippen molar-refractivity contribution < 1.29 is 14.3 Å². The van der Waals surface area contributed by atoms with Gasteiger partial charge in [0, 0.05) is 24.7 Å². The van der Waals surface area contributed by atoms with Gasteiger partial charge in [0.05, 0.1) is 7.11 Å². The molecule has 0 aliphatic heterocycles. The molecular formula is C20H24N2O3. The summed E-state index contributed by atoms with van der Waals surface area (Å²) in [5.41, 5.74) is 5.54. The highest BCUT2D eigenvalue weighted by Gasteiger charge is 2.12. The maximum atomic E-state index is 12.3. The fourth-order valence-electron chi connectivity index (χ4n) is 2.83. The van der Waals surface area contributed by atoms with E-state index in [2.05, 4.69) is 10.6 Å². The predicted octanol–water partition coefficient (Wildman–Crippen LogP) is 3.51. The van der Waals surface area contributed by atoms with E-state index in [9.17, 15) is 9.59 Å². The van der Waals surface area contributed by atoms with E-state index < -0.39 is 0 Å². The molecule has 2 amide bonds. The minimum atomic E-state index is -0.153. The summed E-state index contributed by atoms with van der Waals surface area (Å²) in [6.07, 6.45) is 0. The molecule has 0 heterocycles. The molecule has 0 fully saturated rings. The second-order valence-electron chi connectivity index (χ2n) is 6.08. The lowest BCUT2D eigenvalue weighted by molar-refractivity contribution is -0.114. The molecule has 0 aliphatic rings. The first-order valence-corrected chi connectivity index (χ1v) is 8.13. The Balaban J connectivity index is 2.08. The van der Waals surface area contributed by atoms with Crippen molar-refractivity contribution in [2.24, 2.45) is 0 Å². The van der Waals surface area contributed by atoms with E-state index in [0.717, 1.165) is 28.0 Å². The first-order valence-electron chi connectivity index (χ1n) is 8.13. The van der Waals surface area contributed by atoms with Crippen molar-refractivity contribution in [2.45, 2.75) is 34.2 Å². The number of anilines is 1. The van der Waals surface area contributed by atoms with Gasteiger partial charge < -0.3 is 15.4 Å². The fraction of sp³-hybridized carbons (Fsp3) is 0.300. The van der Waals surface area contributed by atoms with E-state index in [1.54, 1.807) is 31.4 Å². The van der Waals surface area contributed by atoms with Gasteiger partial charge in [-0.1, -0.05) is 6.07 Å². The molecule has 0 saturated heterocycles. The van der Waals surface area contributed by atoms with Crippen molar-refractivity contribution in [3.63, 3.8) is 0 Å². The molecule has 0 aromatic heterocycles. The van der Waals surface area contributed by atoms with Crippen molar-refractivity contribution in [1.29, 1.82) is 0 Å². The summed E-state index contributed by atoms with van der Waals surface area (Å²) in [4.78, 5) is 23.4. The number of rotatable bonds is 5. The number of methoxy groups -OCH3 is 1. The zero-order valence-electron chi connectivity index (χ0n) is 15.3. The molecule has 0 radical (unpaired) electrons. The molecule has 0 unspecified atom stereocenters. The van der Waals surface area contributed by atoms with E-state index in [0.29, 0.717) is 17.8 Å². The summed E-state index contributed by atoms with van der Waals surface area (Å²) >= 11 is 0. The number of nitrogens with one attached hydrogen (secondary N) is 2. The normalized spacial score (nSPS) is 10.3. The average Bonchev–Trinajstić information content (AvgIpc) is 2.57. The van der Waals surface area contributed by atoms with Crippen LogP contribution in [0.3, 0.4) is 0 Å². The Hall–Kier alpha value is -2.82. The molecule has 0 saturated carbocycles. The topological polar surface area (TPSA) is 67.4 Å². The number of aryl methyl sites for hydroxylation is 1. The quantitative estimate of drug-likeness (QED) is 0.875. The molecule has 0 spiro atoms. The van der Waals surface area contributed by atoms with Crippen LogP contribution in [0.15, 0.2) is 30.3 Å². The van der Waals surface area contributed by atoms with Crippen LogP contribution < -0.4 is 15.4 Å². The second-order valence-corrected chi connectivity index (χ2v) is 6.08. The molecule has 2 rings (SSSR count). The van der Waals surface area contributed by atoms with E-state index >= 15 is 0 Å². The predicted molar refractivity (Wildman–Crippen MR) is 99.1 cm³/mol. The number of carbonyl (C=O) groups is 2. The zero-order chi connectivity index (χ0) is 18.6. The number of hydrogen-bond donors (Lipinski definition) is 2. The van der Waals surface area contributed by atoms with Crippen LogP contribution in [0, 0.1) is 20.8 Å². The smallest absolute Gasteiger partial charge is 0.251 e. The summed E-state index contributed by atoms with van der Waals surface area (Å²) in [6.45, 7) is 7.94. The Morgan fingerprint density at radius 1 is 1.04 bits per heavy atom. The van der Waals surface area contributed by atoms with Crippen molar-refractivity contribution in [3.05, 3.63) is 58.1 Å². The van der Waals surface area contributed by atoms with Crippen LogP contribution in [-0.2, 0) is 11.3 Å². The van der Waals surface area contributed by atoms with E-state index in [-0.39, 0.29) is 11.8 Å². The summed E-state index contributed by atoms with van der Waals surface area (Å²) in [6, 6.07) is 8.85. The lowest BCUT2D eigenvalue weighted by atomic mass is 9.98. The van der Waals surface area contributed by atoms with Gasteiger partial charge in [-0.3, -0.25) is 9.59 Å². The summed E-state index contributed by atoms with van der Waals surface area (Å²) < 4.78 is 5.43. The van der Waals surface area contributed by atoms with Gasteiger partial charge in [0.1, 0.15) is 5.75 Å². The first-order chi connectivity index (χ1) is 11.8. The number of benzene rings is 2. The highest BCUT2D eigenvalue weighted by atomic mass is 16.5. The molecule has 0 atom stereocenters. The van der Waals surface area contributed by atoms with E-state index in [1.807, 2.05) is 26.8 Å². The van der Waals surface area contributed by atoms with Gasteiger partial charge >= 0.3 is 0 Å². The maximum Gasteiger partial charge on any atom is 0.251 e. The monoisotopic (exact) mass is 340 g/mol. The number of amides is 2. The van der Waals surface area contributed by atoms with Gasteiger partial charge in [-0.05, 0) is 67.3 Å². The Morgan fingerprint density at radius 3 is 2.24 bits per heavy atom. The molecule has 2 aromatic rings. The van der Waals surface area contributed by atoms with Crippen molar-refractivity contribution >= 4 is 17.5 Å². The van der Waals surface area contributed by atoms with Crippen molar-refractivity contribution in [3.8, 4) is 5.75 Å². The highest BCUT2D eigenvalue weighted by molar-refractivity contribution is 5.95. The SMILES string of the molecule is COc1c(C)cc(CNC(=O)c2ccc(NC(C)=O)cc2)c(C)c1C. The van der Waals surface area contributed by atoms with Crippen LogP contribution in [0.2, 0.25) is 0 Å². The molecule has 2 aromatic carbocycles. The third-order valence-corrected chi connectivity index (χ3v) is 4.24. The Labute approximate surface area is 148 Å². The molecule has 2 N–H and O–H groups in total. The number of carbonyl (C=O) groups excluding carboxylic acids is 2. The largest absolute Gasteiger partial charge is 0.496 e. The molecule has 5 nitrogen and oxygen atoms in total. The van der Waals surface area contributed by atoms with Gasteiger partial charge in [-0.25, -0.2) is 0 Å². The van der Waals surface area contributed by atoms with Crippen LogP contribution in [0.4, 0.5) is 5.69 Å². The molecule has 0 aliphatic carbocycles. The van der Waals surface area contributed by atoms with Crippen LogP contribution in [0.1, 0.15) is 39.5 Å². The molecule has 132 valence electrons. The van der Waals surface area contributed by atoms with E-state index in [4.69, 9.17) is 4.74 Å². The highest BCUT2D eigenvalue weighted by Crippen LogP contribution is 2.28. The van der Waals surface area contributed by atoms with Gasteiger partial charge in [-0.15, -0.1) is 0 Å². The van der Waals surface area contributed by atoms with Crippen LogP contribution in [-0.4, -0.2) is 18.9 Å². The standard InChI is InChI=1S/C20H24N2O3/c1-12-10-17(13(2)14(3)19(12)25-5)11-21-20(24)16-6-8-18(9-7-16)22-15(4)23/h6-10H,11H2,1-5H3,(H,21,24)(H,22,23). The Kier molecular flexibility index (Phi) is 5.80. The molecular weight excluding hydrogens is 316 g/mol. The van der Waals surface area contributed by atoms with Crippen LogP contribution in [0.25, 0.3) is 0 Å². The summed E-state index contributed by atoms with van der Waals surface area (Å²) in [7, 11) is 1.67. The van der Waals surface area contributed by atoms with Crippen LogP contribution in [0.5, 0.6) is 5.75 Å². The van der Waals surface area contributed by atoms with Gasteiger partial charge in [0.2, 0.25) is 5.91 Å². The number of hydrogen-bond acceptors (Lipinski definition) is 3. The first kappa shape index (κ1) is 18.5. The molecule has 5 heteroatoms. The van der Waals surface area contributed by atoms with Crippen LogP contribution >= 0.6 is 0 Å². The fourth-order valence-corrected chi connectivity index (χ4v) is 2.83. The Morgan fingerprint density at radius 2 is 1.68 bits per heavy atom. The van der Waals surface area contributed by atoms with Crippen molar-refractivity contribution in [2.75, 3.05) is 12.4 Å². The third kappa shape index (κ3) is 4.38. The minimum Gasteiger partial charge on any atom is -0.496 e. The second kappa shape index (κ2) is 7.83. The average molecular weight is 340 g/mol. The van der Waals surface area contributed by atoms with Gasteiger partial charge in [-0.2, -0.15) is 0 Å². The number of ether oxygens (including phenoxy) is 1. The summed E-state index contributed by atoms with van der Waals surface area (Å²) in [5, 5.41) is 5.62. The maximum absolute atomic E-state index is 12.3. The lowest BCUT2D eigenvalue weighted by Gasteiger charge is -2.16. The molecule has 25 heavy (non-hydrogen) atoms. The molecule has 0 bridgehead atoms. The van der Waals surface area contributed by atoms with Crippen molar-refractivity contribution in [1.82, 2.24) is 5.32 Å². The summed E-state index contributed by atoms with van der Waals surface area (Å²) in [5.74, 6) is 0.596. The minimum absolute atomic E-state index is 0.141. The Bertz CT molecular complexity index is 796. The van der Waals surface area contributed by atoms with Gasteiger partial charge in [0.15, 0.2) is 0 Å². The lowest BCUT2D eigenvalue weighted by Crippen LogP contribution is -2.23.